The van der Waals surface area contributed by atoms with Crippen molar-refractivity contribution in [3.63, 3.8) is 0 Å². The molecule has 5 rings (SSSR count). The lowest BCUT2D eigenvalue weighted by atomic mass is 9.64. The van der Waals surface area contributed by atoms with Crippen molar-refractivity contribution in [2.75, 3.05) is 0 Å². The Morgan fingerprint density at radius 2 is 1.93 bits per heavy atom. The zero-order valence-corrected chi connectivity index (χ0v) is 16.4. The first kappa shape index (κ1) is 17.4. The summed E-state index contributed by atoms with van der Waals surface area (Å²) in [5.74, 6) is -0.224. The number of fused-ring (bicyclic) bond motifs is 4. The molecule has 2 aliphatic carbocycles. The third kappa shape index (κ3) is 2.35. The van der Waals surface area contributed by atoms with Gasteiger partial charge in [-0.3, -0.25) is 9.78 Å². The maximum Gasteiger partial charge on any atom is 0.331 e. The summed E-state index contributed by atoms with van der Waals surface area (Å²) in [4.78, 5) is 30.0. The zero-order valence-electron chi connectivity index (χ0n) is 16.4. The minimum Gasteiger partial charge on any atom is -0.472 e. The number of hydrogen-bond donors (Lipinski definition) is 0. The van der Waals surface area contributed by atoms with Crippen LogP contribution in [0, 0.1) is 5.41 Å². The third-order valence-corrected chi connectivity index (χ3v) is 6.73. The van der Waals surface area contributed by atoms with E-state index in [0.29, 0.717) is 12.0 Å². The Balaban J connectivity index is 1.70. The summed E-state index contributed by atoms with van der Waals surface area (Å²) in [5, 5.41) is 0. The molecule has 144 valence electrons. The average Bonchev–Trinajstić information content (AvgIpc) is 3.19. The van der Waals surface area contributed by atoms with Gasteiger partial charge in [-0.2, -0.15) is 0 Å². The predicted molar refractivity (Wildman–Crippen MR) is 103 cm³/mol. The van der Waals surface area contributed by atoms with Gasteiger partial charge in [-0.15, -0.1) is 0 Å². The van der Waals surface area contributed by atoms with E-state index in [0.717, 1.165) is 47.4 Å². The molecule has 0 spiro atoms. The van der Waals surface area contributed by atoms with Crippen molar-refractivity contribution in [3.05, 3.63) is 58.8 Å². The number of esters is 1. The summed E-state index contributed by atoms with van der Waals surface area (Å²) < 4.78 is 11.0. The molecule has 1 unspecified atom stereocenters. The number of hydrogen-bond acceptors (Lipinski definition) is 5. The molecule has 1 aliphatic heterocycles. The standard InChI is InChI=1S/C23H23NO4/c1-22(2)7-5-18(25)15-10-14-16-11-19(26)28-21(13-6-9-27-12-13)23(16,3)8-4-17(14)24-20(15)22/h6,9-12,21H,4-5,7-8H2,1-3H3/t21-,23?/m0/s1. The lowest BCUT2D eigenvalue weighted by molar-refractivity contribution is -0.150. The molecule has 2 aromatic heterocycles. The SMILES string of the molecule is CC1(C)CCC(=O)c2cc3c(nc21)CCC1(C)C3=CC(=O)O[C@H]1c1ccoc1. The number of carbonyl (C=O) groups is 2. The maximum atomic E-state index is 12.7. The molecule has 28 heavy (non-hydrogen) atoms. The van der Waals surface area contributed by atoms with Gasteiger partial charge in [-0.1, -0.05) is 20.8 Å². The van der Waals surface area contributed by atoms with E-state index >= 15 is 0 Å². The first-order valence-electron chi connectivity index (χ1n) is 9.82. The molecule has 0 saturated carbocycles. The predicted octanol–water partition coefficient (Wildman–Crippen LogP) is 4.56. The number of Topliss-reactive ketones (excluding diaryl/α,β-unsaturated/α-hetero) is 1. The molecule has 0 fully saturated rings. The number of cyclic esters (lactones) is 1. The first-order valence-corrected chi connectivity index (χ1v) is 9.82. The van der Waals surface area contributed by atoms with Gasteiger partial charge < -0.3 is 9.15 Å². The highest BCUT2D eigenvalue weighted by atomic mass is 16.5. The van der Waals surface area contributed by atoms with Gasteiger partial charge in [0, 0.05) is 45.7 Å². The minimum atomic E-state index is -0.407. The fraction of sp³-hybridized carbons (Fsp3) is 0.435. The lowest BCUT2D eigenvalue weighted by Gasteiger charge is -2.45. The normalized spacial score (nSPS) is 28.0. The van der Waals surface area contributed by atoms with E-state index in [1.807, 2.05) is 12.1 Å². The van der Waals surface area contributed by atoms with E-state index in [1.54, 1.807) is 18.6 Å². The second-order valence-electron chi connectivity index (χ2n) is 9.03. The molecule has 0 N–H and O–H groups in total. The fourth-order valence-corrected chi connectivity index (χ4v) is 4.98. The van der Waals surface area contributed by atoms with Gasteiger partial charge in [0.25, 0.3) is 0 Å². The number of aryl methyl sites for hydroxylation is 1. The van der Waals surface area contributed by atoms with Crippen molar-refractivity contribution in [3.8, 4) is 0 Å². The summed E-state index contributed by atoms with van der Waals surface area (Å²) >= 11 is 0. The second-order valence-corrected chi connectivity index (χ2v) is 9.03. The van der Waals surface area contributed by atoms with Crippen LogP contribution in [0.5, 0.6) is 0 Å². The average molecular weight is 377 g/mol. The zero-order chi connectivity index (χ0) is 19.7. The maximum absolute atomic E-state index is 12.7. The van der Waals surface area contributed by atoms with Crippen molar-refractivity contribution in [2.45, 2.75) is 58.0 Å². The van der Waals surface area contributed by atoms with Crippen LogP contribution in [0.1, 0.15) is 79.0 Å². The van der Waals surface area contributed by atoms with Crippen LogP contribution in [-0.2, 0) is 21.4 Å². The van der Waals surface area contributed by atoms with Crippen LogP contribution >= 0.6 is 0 Å². The molecule has 0 radical (unpaired) electrons. The van der Waals surface area contributed by atoms with E-state index in [9.17, 15) is 9.59 Å². The quantitative estimate of drug-likeness (QED) is 0.681. The Morgan fingerprint density at radius 3 is 2.68 bits per heavy atom. The van der Waals surface area contributed by atoms with E-state index in [4.69, 9.17) is 14.1 Å². The summed E-state index contributed by atoms with van der Waals surface area (Å²) in [5.41, 5.74) is 4.78. The Labute approximate surface area is 163 Å². The molecule has 5 nitrogen and oxygen atoms in total. The minimum absolute atomic E-state index is 0.113. The summed E-state index contributed by atoms with van der Waals surface area (Å²) in [6.07, 6.45) is 7.37. The van der Waals surface area contributed by atoms with Crippen LogP contribution in [0.25, 0.3) is 5.57 Å². The van der Waals surface area contributed by atoms with Gasteiger partial charge in [0.15, 0.2) is 5.78 Å². The number of rotatable bonds is 1. The van der Waals surface area contributed by atoms with Crippen molar-refractivity contribution >= 4 is 17.3 Å². The summed E-state index contributed by atoms with van der Waals surface area (Å²) in [7, 11) is 0. The van der Waals surface area contributed by atoms with Crippen LogP contribution < -0.4 is 0 Å². The highest BCUT2D eigenvalue weighted by Crippen LogP contribution is 2.56. The fourth-order valence-electron chi connectivity index (χ4n) is 4.98. The summed E-state index contributed by atoms with van der Waals surface area (Å²) in [6.45, 7) is 6.42. The largest absolute Gasteiger partial charge is 0.472 e. The lowest BCUT2D eigenvalue weighted by Crippen LogP contribution is -2.38. The van der Waals surface area contributed by atoms with E-state index in [-0.39, 0.29) is 22.6 Å². The number of ketones is 1. The van der Waals surface area contributed by atoms with Gasteiger partial charge in [-0.25, -0.2) is 4.79 Å². The van der Waals surface area contributed by atoms with Crippen LogP contribution in [0.4, 0.5) is 0 Å². The van der Waals surface area contributed by atoms with E-state index in [1.165, 1.54) is 0 Å². The van der Waals surface area contributed by atoms with E-state index < -0.39 is 6.10 Å². The molecular weight excluding hydrogens is 354 g/mol. The van der Waals surface area contributed by atoms with Crippen molar-refractivity contribution in [2.24, 2.45) is 5.41 Å². The molecule has 0 amide bonds. The van der Waals surface area contributed by atoms with Gasteiger partial charge in [0.1, 0.15) is 6.10 Å². The first-order chi connectivity index (χ1) is 13.3. The van der Waals surface area contributed by atoms with Crippen molar-refractivity contribution < 1.29 is 18.7 Å². The Hall–Kier alpha value is -2.69. The molecular formula is C23H23NO4. The Morgan fingerprint density at radius 1 is 1.11 bits per heavy atom. The van der Waals surface area contributed by atoms with Crippen molar-refractivity contribution in [1.82, 2.24) is 4.98 Å². The van der Waals surface area contributed by atoms with Gasteiger partial charge in [0.05, 0.1) is 18.2 Å². The van der Waals surface area contributed by atoms with Crippen LogP contribution in [0.2, 0.25) is 0 Å². The molecule has 2 aromatic rings. The monoisotopic (exact) mass is 377 g/mol. The van der Waals surface area contributed by atoms with Crippen LogP contribution in [0.15, 0.2) is 35.2 Å². The molecule has 3 aliphatic rings. The second kappa shape index (κ2) is 5.66. The Kier molecular flexibility index (Phi) is 3.52. The van der Waals surface area contributed by atoms with Crippen LogP contribution in [0.3, 0.4) is 0 Å². The molecule has 5 heteroatoms. The highest BCUT2D eigenvalue weighted by Gasteiger charge is 2.48. The molecule has 0 aromatic carbocycles. The number of ether oxygens (including phenoxy) is 1. The Bertz CT molecular complexity index is 1030. The smallest absolute Gasteiger partial charge is 0.331 e. The number of pyridine rings is 1. The molecule has 3 heterocycles. The molecule has 0 saturated heterocycles. The highest BCUT2D eigenvalue weighted by molar-refractivity contribution is 6.01. The molecule has 0 bridgehead atoms. The topological polar surface area (TPSA) is 69.4 Å². The number of nitrogens with zero attached hydrogens (tertiary/aromatic N) is 1. The van der Waals surface area contributed by atoms with Crippen molar-refractivity contribution in [1.29, 1.82) is 0 Å². The third-order valence-electron chi connectivity index (χ3n) is 6.73. The van der Waals surface area contributed by atoms with Gasteiger partial charge in [-0.05, 0) is 37.0 Å². The van der Waals surface area contributed by atoms with Gasteiger partial charge >= 0.3 is 5.97 Å². The van der Waals surface area contributed by atoms with E-state index in [2.05, 4.69) is 20.8 Å². The summed E-state index contributed by atoms with van der Waals surface area (Å²) in [6, 6.07) is 3.83. The molecule has 2 atom stereocenters. The number of aromatic nitrogens is 1. The number of carbonyl (C=O) groups excluding carboxylic acids is 2. The van der Waals surface area contributed by atoms with Gasteiger partial charge in [0.2, 0.25) is 0 Å². The van der Waals surface area contributed by atoms with Crippen LogP contribution in [-0.4, -0.2) is 16.7 Å². The number of furan rings is 1.